The second-order valence-corrected chi connectivity index (χ2v) is 9.70. The molecule has 1 aromatic carbocycles. The maximum atomic E-state index is 12.6. The van der Waals surface area contributed by atoms with Gasteiger partial charge < -0.3 is 14.7 Å². The van der Waals surface area contributed by atoms with Crippen molar-refractivity contribution in [2.24, 2.45) is 0 Å². The van der Waals surface area contributed by atoms with Crippen LogP contribution in [0, 0.1) is 13.8 Å². The summed E-state index contributed by atoms with van der Waals surface area (Å²) in [6, 6.07) is 8.85. The van der Waals surface area contributed by atoms with Gasteiger partial charge in [-0.05, 0) is 82.8 Å². The highest BCUT2D eigenvalue weighted by atomic mass is 16.5. The predicted octanol–water partition coefficient (Wildman–Crippen LogP) is 3.38. The van der Waals surface area contributed by atoms with Crippen LogP contribution in [-0.4, -0.2) is 61.1 Å². The number of aromatic nitrogens is 1. The third-order valence-corrected chi connectivity index (χ3v) is 7.30. The van der Waals surface area contributed by atoms with E-state index in [0.717, 1.165) is 56.9 Å². The van der Waals surface area contributed by atoms with Crippen LogP contribution in [0.25, 0.3) is 0 Å². The second-order valence-electron chi connectivity index (χ2n) is 9.70. The first-order chi connectivity index (χ1) is 14.9. The van der Waals surface area contributed by atoms with Crippen molar-refractivity contribution in [2.75, 3.05) is 40.3 Å². The van der Waals surface area contributed by atoms with Crippen molar-refractivity contribution in [3.63, 3.8) is 0 Å². The molecule has 1 aliphatic carbocycles. The van der Waals surface area contributed by atoms with Crippen LogP contribution in [0.3, 0.4) is 0 Å². The summed E-state index contributed by atoms with van der Waals surface area (Å²) in [4.78, 5) is 17.2. The van der Waals surface area contributed by atoms with Gasteiger partial charge in [-0.2, -0.15) is 0 Å². The molecule has 1 aromatic heterocycles. The number of fused-ring (bicyclic) bond motifs is 2. The Kier molecular flexibility index (Phi) is 6.49. The second kappa shape index (κ2) is 9.13. The number of aryl methyl sites for hydroxylation is 2. The lowest BCUT2D eigenvalue weighted by Crippen LogP contribution is -2.41. The van der Waals surface area contributed by atoms with Gasteiger partial charge in [0.1, 0.15) is 5.76 Å². The molecule has 0 radical (unpaired) electrons. The summed E-state index contributed by atoms with van der Waals surface area (Å²) in [6.45, 7) is 8.66. The Bertz CT molecular complexity index is 892. The van der Waals surface area contributed by atoms with Crippen LogP contribution >= 0.6 is 0 Å². The monoisotopic (exact) mass is 424 g/mol. The molecule has 0 saturated carbocycles. The molecule has 0 bridgehead atoms. The SMILES string of the molecule is Cc1noc(C)c1CN1CCC2(CC1)CC(CC(=O)NCCN(C)C)c1ccccc12. The standard InChI is InChI=1S/C25H36N4O2/c1-18-22(19(2)31-27-18)17-29-12-9-25(10-13-29)16-20(21-7-5-6-8-23(21)25)15-24(30)26-11-14-28(3)4/h5-8,20H,9-17H2,1-4H3,(H,26,30). The van der Waals surface area contributed by atoms with E-state index in [1.54, 1.807) is 0 Å². The summed E-state index contributed by atoms with van der Waals surface area (Å²) < 4.78 is 5.35. The summed E-state index contributed by atoms with van der Waals surface area (Å²) in [7, 11) is 4.06. The number of carbonyl (C=O) groups is 1. The quantitative estimate of drug-likeness (QED) is 0.738. The third kappa shape index (κ3) is 4.70. The maximum absolute atomic E-state index is 12.6. The molecule has 168 valence electrons. The lowest BCUT2D eigenvalue weighted by Gasteiger charge is -2.40. The largest absolute Gasteiger partial charge is 0.361 e. The Morgan fingerprint density at radius 3 is 2.68 bits per heavy atom. The molecule has 1 saturated heterocycles. The minimum absolute atomic E-state index is 0.176. The number of benzene rings is 1. The molecule has 1 fully saturated rings. The van der Waals surface area contributed by atoms with Crippen molar-refractivity contribution in [3.8, 4) is 0 Å². The number of rotatable bonds is 7. The Morgan fingerprint density at radius 1 is 1.26 bits per heavy atom. The Hall–Kier alpha value is -2.18. The molecule has 1 atom stereocenters. The van der Waals surface area contributed by atoms with E-state index in [-0.39, 0.29) is 11.3 Å². The smallest absolute Gasteiger partial charge is 0.220 e. The van der Waals surface area contributed by atoms with E-state index in [2.05, 4.69) is 44.5 Å². The van der Waals surface area contributed by atoms with Gasteiger partial charge in [-0.25, -0.2) is 0 Å². The molecule has 2 aromatic rings. The van der Waals surface area contributed by atoms with Gasteiger partial charge in [0.25, 0.3) is 0 Å². The molecular weight excluding hydrogens is 388 g/mol. The Morgan fingerprint density at radius 2 is 2.00 bits per heavy atom. The normalized spacial score (nSPS) is 20.4. The molecule has 31 heavy (non-hydrogen) atoms. The van der Waals surface area contributed by atoms with Crippen LogP contribution in [0.5, 0.6) is 0 Å². The zero-order valence-corrected chi connectivity index (χ0v) is 19.4. The van der Waals surface area contributed by atoms with Gasteiger partial charge in [-0.1, -0.05) is 29.4 Å². The Labute approximate surface area is 186 Å². The van der Waals surface area contributed by atoms with Gasteiger partial charge >= 0.3 is 0 Å². The number of nitrogens with zero attached hydrogens (tertiary/aromatic N) is 3. The maximum Gasteiger partial charge on any atom is 0.220 e. The molecule has 1 unspecified atom stereocenters. The van der Waals surface area contributed by atoms with Gasteiger partial charge in [-0.3, -0.25) is 9.69 Å². The van der Waals surface area contributed by atoms with Crippen LogP contribution in [-0.2, 0) is 16.8 Å². The van der Waals surface area contributed by atoms with Crippen LogP contribution in [0.2, 0.25) is 0 Å². The van der Waals surface area contributed by atoms with Crippen molar-refractivity contribution in [2.45, 2.75) is 57.4 Å². The average molecular weight is 425 g/mol. The number of likely N-dealkylation sites (N-methyl/N-ethyl adjacent to an activating group) is 1. The van der Waals surface area contributed by atoms with Gasteiger partial charge in [0.05, 0.1) is 5.69 Å². The molecular formula is C25H36N4O2. The number of carbonyl (C=O) groups excluding carboxylic acids is 1. The zero-order chi connectivity index (χ0) is 22.0. The van der Waals surface area contributed by atoms with E-state index >= 15 is 0 Å². The van der Waals surface area contributed by atoms with Crippen molar-refractivity contribution in [3.05, 3.63) is 52.4 Å². The fraction of sp³-hybridized carbons (Fsp3) is 0.600. The van der Waals surface area contributed by atoms with Gasteiger partial charge in [0, 0.05) is 31.6 Å². The first-order valence-electron chi connectivity index (χ1n) is 11.5. The van der Waals surface area contributed by atoms with E-state index in [1.165, 1.54) is 16.7 Å². The minimum Gasteiger partial charge on any atom is -0.361 e. The lowest BCUT2D eigenvalue weighted by atomic mass is 9.73. The predicted molar refractivity (Wildman–Crippen MR) is 122 cm³/mol. The summed E-state index contributed by atoms with van der Waals surface area (Å²) in [5, 5.41) is 7.21. The highest BCUT2D eigenvalue weighted by molar-refractivity contribution is 5.77. The van der Waals surface area contributed by atoms with Crippen molar-refractivity contribution in [1.29, 1.82) is 0 Å². The molecule has 1 N–H and O–H groups in total. The number of hydrogen-bond donors (Lipinski definition) is 1. The average Bonchev–Trinajstić information content (AvgIpc) is 3.21. The minimum atomic E-state index is 0.176. The number of nitrogens with one attached hydrogen (secondary N) is 1. The van der Waals surface area contributed by atoms with Crippen molar-refractivity contribution in [1.82, 2.24) is 20.3 Å². The first kappa shape index (κ1) is 22.0. The van der Waals surface area contributed by atoms with Crippen LogP contribution < -0.4 is 5.32 Å². The van der Waals surface area contributed by atoms with Crippen molar-refractivity contribution < 1.29 is 9.32 Å². The van der Waals surface area contributed by atoms with E-state index in [4.69, 9.17) is 4.52 Å². The van der Waals surface area contributed by atoms with E-state index in [9.17, 15) is 4.79 Å². The molecule has 6 nitrogen and oxygen atoms in total. The summed E-state index contributed by atoms with van der Waals surface area (Å²) in [5.74, 6) is 1.43. The number of amides is 1. The van der Waals surface area contributed by atoms with Gasteiger partial charge in [-0.15, -0.1) is 0 Å². The fourth-order valence-corrected chi connectivity index (χ4v) is 5.49. The number of hydrogen-bond acceptors (Lipinski definition) is 5. The zero-order valence-electron chi connectivity index (χ0n) is 19.4. The summed E-state index contributed by atoms with van der Waals surface area (Å²) in [6.07, 6.45) is 3.97. The van der Waals surface area contributed by atoms with E-state index in [0.29, 0.717) is 18.9 Å². The van der Waals surface area contributed by atoms with Crippen molar-refractivity contribution >= 4 is 5.91 Å². The number of piperidine rings is 1. The topological polar surface area (TPSA) is 61.6 Å². The highest BCUT2D eigenvalue weighted by Crippen LogP contribution is 2.52. The molecule has 1 aliphatic heterocycles. The van der Waals surface area contributed by atoms with E-state index < -0.39 is 0 Å². The molecule has 4 rings (SSSR count). The Balaban J connectivity index is 1.41. The van der Waals surface area contributed by atoms with E-state index in [1.807, 2.05) is 27.9 Å². The molecule has 1 spiro atoms. The fourth-order valence-electron chi connectivity index (χ4n) is 5.49. The van der Waals surface area contributed by atoms with Crippen LogP contribution in [0.15, 0.2) is 28.8 Å². The van der Waals surface area contributed by atoms with Crippen LogP contribution in [0.4, 0.5) is 0 Å². The van der Waals surface area contributed by atoms with Gasteiger partial charge in [0.15, 0.2) is 0 Å². The number of likely N-dealkylation sites (tertiary alicyclic amines) is 1. The molecule has 1 amide bonds. The van der Waals surface area contributed by atoms with Gasteiger partial charge in [0.2, 0.25) is 5.91 Å². The molecule has 2 heterocycles. The third-order valence-electron chi connectivity index (χ3n) is 7.30. The molecule has 2 aliphatic rings. The lowest BCUT2D eigenvalue weighted by molar-refractivity contribution is -0.121. The summed E-state index contributed by atoms with van der Waals surface area (Å²) >= 11 is 0. The molecule has 6 heteroatoms. The van der Waals surface area contributed by atoms with Crippen LogP contribution in [0.1, 0.15) is 59.7 Å². The first-order valence-corrected chi connectivity index (χ1v) is 11.5. The highest BCUT2D eigenvalue weighted by Gasteiger charge is 2.45. The summed E-state index contributed by atoms with van der Waals surface area (Å²) in [5.41, 5.74) is 5.32.